The monoisotopic (exact) mass is 1080 g/mol. The van der Waals surface area contributed by atoms with Gasteiger partial charge in [0.15, 0.2) is 25.2 Å². The van der Waals surface area contributed by atoms with E-state index in [1.165, 1.54) is 19.8 Å². The lowest BCUT2D eigenvalue weighted by molar-refractivity contribution is -0.402. The van der Waals surface area contributed by atoms with E-state index >= 15 is 0 Å². The van der Waals surface area contributed by atoms with Crippen LogP contribution in [-0.2, 0) is 56.9 Å². The molecule has 20 nitrogen and oxygen atoms in total. The fourth-order valence-electron chi connectivity index (χ4n) is 10.1. The Kier molecular flexibility index (Phi) is 32.2. The number of aliphatic hydroxyl groups is 8. The Morgan fingerprint density at radius 1 is 0.440 bits per heavy atom. The van der Waals surface area contributed by atoms with Gasteiger partial charge in [-0.1, -0.05) is 118 Å². The standard InChI is InChI=1S/C55H102O20/c1-8-12-16-17-18-21-24-27-37(28-25-22-19-20-23-26-34(5)57)71-54-49(44(62)42(60)38(32-56)72-54)74-55-51(75-53-46(64)48(66-30-14-10-3)41(59)36(7)70-53)50(67-31-15-11-4)47(65-29-13-9-2)39(73-55)33-68-52-45(63)43(61)40(58)35(6)69-52/h35-56,58-64H,8-33H2,1-7H3/t35-,36-,37-,38-,39-,40+,41-,42-,43+,44+,45+,46-,47-,48+,49-,50+,51-,52-,53+,54-,55+/m1/s1. The van der Waals surface area contributed by atoms with Crippen LogP contribution in [0.5, 0.6) is 0 Å². The summed E-state index contributed by atoms with van der Waals surface area (Å²) < 4.78 is 71.1. The molecule has 20 heteroatoms. The van der Waals surface area contributed by atoms with E-state index in [-0.39, 0.29) is 38.3 Å². The molecule has 0 aliphatic carbocycles. The molecule has 0 amide bonds. The smallest absolute Gasteiger partial charge is 0.187 e. The molecule has 0 aromatic carbocycles. The minimum absolute atomic E-state index is 0.178. The van der Waals surface area contributed by atoms with Gasteiger partial charge in [0, 0.05) is 26.2 Å². The van der Waals surface area contributed by atoms with Crippen LogP contribution in [-0.4, -0.2) is 209 Å². The van der Waals surface area contributed by atoms with E-state index in [4.69, 9.17) is 52.1 Å². The topological polar surface area (TPSA) is 280 Å². The number of carbonyl (C=O) groups excluding carboxylic acids is 1. The van der Waals surface area contributed by atoms with Crippen molar-refractivity contribution in [3.8, 4) is 0 Å². The van der Waals surface area contributed by atoms with Crippen LogP contribution < -0.4 is 0 Å². The molecule has 4 aliphatic rings. The van der Waals surface area contributed by atoms with Crippen LogP contribution in [0.15, 0.2) is 0 Å². The van der Waals surface area contributed by atoms with Crippen molar-refractivity contribution >= 4 is 5.78 Å². The normalized spacial score (nSPS) is 36.9. The maximum atomic E-state index is 12.1. The van der Waals surface area contributed by atoms with Gasteiger partial charge in [0.1, 0.15) is 91.2 Å². The highest BCUT2D eigenvalue weighted by Gasteiger charge is 2.56. The van der Waals surface area contributed by atoms with Gasteiger partial charge < -0.3 is 97.8 Å². The number of ether oxygens (including phenoxy) is 11. The number of Topliss-reactive ketones (excluding diaryl/α,β-unsaturated/α-hetero) is 1. The first-order chi connectivity index (χ1) is 36.1. The van der Waals surface area contributed by atoms with E-state index in [9.17, 15) is 45.6 Å². The van der Waals surface area contributed by atoms with Crippen molar-refractivity contribution in [2.45, 2.75) is 312 Å². The third kappa shape index (κ3) is 21.1. The highest BCUT2D eigenvalue weighted by Crippen LogP contribution is 2.37. The van der Waals surface area contributed by atoms with Crippen molar-refractivity contribution in [3.63, 3.8) is 0 Å². The second kappa shape index (κ2) is 36.3. The zero-order valence-electron chi connectivity index (χ0n) is 46.5. The van der Waals surface area contributed by atoms with Gasteiger partial charge in [-0.15, -0.1) is 0 Å². The first-order valence-corrected chi connectivity index (χ1v) is 29.0. The fraction of sp³-hybridized carbons (Fsp3) is 0.982. The molecular weight excluding hydrogens is 981 g/mol. The van der Waals surface area contributed by atoms with E-state index in [0.717, 1.165) is 83.5 Å². The summed E-state index contributed by atoms with van der Waals surface area (Å²) in [5.74, 6) is 0.178. The van der Waals surface area contributed by atoms with Crippen molar-refractivity contribution in [1.29, 1.82) is 0 Å². The SMILES string of the molecule is CCCCCCCCC[C@H](CCCCCCCC(C)=O)O[C@@H]1O[C@H](CO)[C@@H](O)[C@H](O)[C@H]1O[C@@H]1O[C@H](CO[C@@H]2O[C@H](C)[C@H](O)[C@H](O)[C@@H]2O)[C@@H](OCCCC)[C@H](OCCCC)[C@H]1O[C@@H]1O[C@H](C)[C@@H](O)[C@H](OCCCC)[C@H]1O. The Morgan fingerprint density at radius 2 is 0.947 bits per heavy atom. The lowest BCUT2D eigenvalue weighted by atomic mass is 9.95. The highest BCUT2D eigenvalue weighted by atomic mass is 16.8. The Bertz CT molecular complexity index is 1490. The summed E-state index contributed by atoms with van der Waals surface area (Å²) in [6.45, 7) is 12.7. The van der Waals surface area contributed by atoms with E-state index in [2.05, 4.69) is 6.92 Å². The molecule has 4 aliphatic heterocycles. The molecule has 0 aromatic heterocycles. The predicted octanol–water partition coefficient (Wildman–Crippen LogP) is 4.63. The third-order valence-electron chi connectivity index (χ3n) is 14.9. The molecule has 0 radical (unpaired) electrons. The number of hydrogen-bond donors (Lipinski definition) is 8. The molecule has 0 saturated carbocycles. The van der Waals surface area contributed by atoms with E-state index in [1.54, 1.807) is 13.8 Å². The van der Waals surface area contributed by atoms with Crippen molar-refractivity contribution in [1.82, 2.24) is 0 Å². The minimum atomic E-state index is -1.71. The van der Waals surface area contributed by atoms with Crippen LogP contribution in [0, 0.1) is 0 Å². The molecule has 0 aromatic rings. The average Bonchev–Trinajstić information content (AvgIpc) is 3.39. The summed E-state index contributed by atoms with van der Waals surface area (Å²) in [7, 11) is 0. The first kappa shape index (κ1) is 66.4. The fourth-order valence-corrected chi connectivity index (χ4v) is 10.1. The summed E-state index contributed by atoms with van der Waals surface area (Å²) in [5, 5.41) is 89.3. The molecule has 4 heterocycles. The molecule has 442 valence electrons. The number of aliphatic hydroxyl groups excluding tert-OH is 8. The molecule has 0 spiro atoms. The van der Waals surface area contributed by atoms with Crippen LogP contribution in [0.4, 0.5) is 0 Å². The number of unbranched alkanes of at least 4 members (excludes halogenated alkanes) is 13. The van der Waals surface area contributed by atoms with E-state index in [1.807, 2.05) is 20.8 Å². The van der Waals surface area contributed by atoms with Gasteiger partial charge >= 0.3 is 0 Å². The van der Waals surface area contributed by atoms with E-state index < -0.39 is 129 Å². The Balaban J connectivity index is 1.76. The van der Waals surface area contributed by atoms with Crippen LogP contribution >= 0.6 is 0 Å². The van der Waals surface area contributed by atoms with Gasteiger partial charge in [-0.05, 0) is 59.3 Å². The van der Waals surface area contributed by atoms with Crippen LogP contribution in [0.25, 0.3) is 0 Å². The zero-order valence-corrected chi connectivity index (χ0v) is 46.5. The molecular formula is C55H102O20. The molecule has 8 N–H and O–H groups in total. The highest BCUT2D eigenvalue weighted by molar-refractivity contribution is 5.75. The maximum absolute atomic E-state index is 12.1. The summed E-state index contributed by atoms with van der Waals surface area (Å²) in [6.07, 6.45) is -8.68. The summed E-state index contributed by atoms with van der Waals surface area (Å²) in [6, 6.07) is 0. The molecule has 21 atom stereocenters. The van der Waals surface area contributed by atoms with Crippen molar-refractivity contribution in [2.75, 3.05) is 33.0 Å². The van der Waals surface area contributed by atoms with Gasteiger partial charge in [-0.2, -0.15) is 0 Å². The maximum Gasteiger partial charge on any atom is 0.187 e. The number of hydrogen-bond acceptors (Lipinski definition) is 20. The second-order valence-electron chi connectivity index (χ2n) is 21.4. The molecule has 0 unspecified atom stereocenters. The minimum Gasteiger partial charge on any atom is -0.394 e. The Labute approximate surface area is 447 Å². The van der Waals surface area contributed by atoms with Crippen molar-refractivity contribution in [3.05, 3.63) is 0 Å². The lowest BCUT2D eigenvalue weighted by Crippen LogP contribution is -2.68. The van der Waals surface area contributed by atoms with Gasteiger partial charge in [0.2, 0.25) is 0 Å². The third-order valence-corrected chi connectivity index (χ3v) is 14.9. The zero-order chi connectivity index (χ0) is 54.9. The molecule has 0 bridgehead atoms. The number of carbonyl (C=O) groups is 1. The largest absolute Gasteiger partial charge is 0.394 e. The van der Waals surface area contributed by atoms with Crippen LogP contribution in [0.1, 0.15) is 183 Å². The quantitative estimate of drug-likeness (QED) is 0.0391. The second-order valence-corrected chi connectivity index (χ2v) is 21.4. The summed E-state index contributed by atoms with van der Waals surface area (Å²) >= 11 is 0. The predicted molar refractivity (Wildman–Crippen MR) is 275 cm³/mol. The van der Waals surface area contributed by atoms with Crippen LogP contribution in [0.3, 0.4) is 0 Å². The first-order valence-electron chi connectivity index (χ1n) is 29.0. The molecule has 75 heavy (non-hydrogen) atoms. The Morgan fingerprint density at radius 3 is 1.53 bits per heavy atom. The van der Waals surface area contributed by atoms with Crippen molar-refractivity contribution < 1.29 is 97.8 Å². The van der Waals surface area contributed by atoms with E-state index in [0.29, 0.717) is 38.5 Å². The Hall–Kier alpha value is -1.09. The number of ketones is 1. The lowest BCUT2D eigenvalue weighted by Gasteiger charge is -2.51. The summed E-state index contributed by atoms with van der Waals surface area (Å²) in [5.41, 5.74) is 0. The van der Waals surface area contributed by atoms with Gasteiger partial charge in [0.05, 0.1) is 31.5 Å². The van der Waals surface area contributed by atoms with Gasteiger partial charge in [0.25, 0.3) is 0 Å². The molecule has 4 fully saturated rings. The molecule has 4 saturated heterocycles. The average molecular weight is 1080 g/mol. The van der Waals surface area contributed by atoms with Crippen LogP contribution in [0.2, 0.25) is 0 Å². The van der Waals surface area contributed by atoms with Gasteiger partial charge in [-0.25, -0.2) is 0 Å². The molecule has 4 rings (SSSR count). The van der Waals surface area contributed by atoms with Gasteiger partial charge in [-0.3, -0.25) is 0 Å². The number of rotatable bonds is 38. The summed E-state index contributed by atoms with van der Waals surface area (Å²) in [4.78, 5) is 11.5. The van der Waals surface area contributed by atoms with Crippen molar-refractivity contribution in [2.24, 2.45) is 0 Å².